The number of phenols is 1. The van der Waals surface area contributed by atoms with Crippen molar-refractivity contribution in [3.63, 3.8) is 0 Å². The van der Waals surface area contributed by atoms with Crippen molar-refractivity contribution in [2.24, 2.45) is 5.92 Å². The number of likely N-dealkylation sites (N-methyl/N-ethyl adjacent to an activating group) is 1. The number of amides is 1. The molecule has 8 heteroatoms. The Morgan fingerprint density at radius 3 is 2.93 bits per heavy atom. The van der Waals surface area contributed by atoms with E-state index in [0.717, 1.165) is 0 Å². The van der Waals surface area contributed by atoms with Crippen LogP contribution in [0, 0.1) is 5.92 Å². The lowest BCUT2D eigenvalue weighted by molar-refractivity contribution is -0.182. The lowest BCUT2D eigenvalue weighted by Crippen LogP contribution is -2.74. The van der Waals surface area contributed by atoms with Crippen LogP contribution in [0.2, 0.25) is 0 Å². The predicted molar refractivity (Wildman–Crippen MR) is 103 cm³/mol. The van der Waals surface area contributed by atoms with Gasteiger partial charge in [-0.25, -0.2) is 0 Å². The van der Waals surface area contributed by atoms with Crippen molar-refractivity contribution in [3.8, 4) is 5.75 Å². The molecule has 0 radical (unpaired) electrons. The highest BCUT2D eigenvalue weighted by Crippen LogP contribution is 2.67. The number of rotatable bonds is 0. The van der Waals surface area contributed by atoms with Gasteiger partial charge >= 0.3 is 0 Å². The van der Waals surface area contributed by atoms with Gasteiger partial charge in [-0.2, -0.15) is 0 Å². The Morgan fingerprint density at radius 2 is 2.10 bits per heavy atom. The summed E-state index contributed by atoms with van der Waals surface area (Å²) in [6, 6.07) is 4.58. The van der Waals surface area contributed by atoms with Crippen LogP contribution in [-0.4, -0.2) is 83.0 Å². The van der Waals surface area contributed by atoms with Gasteiger partial charge in [0.25, 0.3) is 0 Å². The van der Waals surface area contributed by atoms with Crippen molar-refractivity contribution in [2.45, 2.75) is 54.1 Å². The number of benzene rings is 1. The first-order valence-electron chi connectivity index (χ1n) is 10.7. The maximum absolute atomic E-state index is 14.0. The second-order valence-corrected chi connectivity index (χ2v) is 9.96. The third-order valence-electron chi connectivity index (χ3n) is 8.79. The fourth-order valence-electron chi connectivity index (χ4n) is 7.54. The second kappa shape index (κ2) is 5.07. The fraction of sp³-hybridized carbons (Fsp3) is 0.636. The summed E-state index contributed by atoms with van der Waals surface area (Å²) in [5.74, 6) is -0.695. The van der Waals surface area contributed by atoms with Gasteiger partial charge in [-0.15, -0.1) is 0 Å². The molecule has 7 unspecified atom stereocenters. The normalized spacial score (nSPS) is 48.4. The Balaban J connectivity index is 1.57. The highest BCUT2D eigenvalue weighted by Gasteiger charge is 2.81. The largest absolute Gasteiger partial charge is 0.506 e. The molecule has 30 heavy (non-hydrogen) atoms. The van der Waals surface area contributed by atoms with Crippen LogP contribution in [0.15, 0.2) is 18.2 Å². The van der Waals surface area contributed by atoms with Crippen LogP contribution in [0.25, 0.3) is 0 Å². The third-order valence-corrected chi connectivity index (χ3v) is 8.79. The first-order chi connectivity index (χ1) is 14.3. The van der Waals surface area contributed by atoms with Crippen molar-refractivity contribution in [1.82, 2.24) is 4.90 Å². The van der Waals surface area contributed by atoms with E-state index in [1.54, 1.807) is 17.0 Å². The van der Waals surface area contributed by atoms with E-state index >= 15 is 0 Å². The number of aliphatic hydroxyl groups is 1. The van der Waals surface area contributed by atoms with Crippen molar-refractivity contribution in [2.75, 3.05) is 31.6 Å². The molecule has 7 aliphatic rings. The Kier molecular flexibility index (Phi) is 2.98. The molecule has 2 N–H and O–H groups in total. The molecule has 6 aliphatic heterocycles. The van der Waals surface area contributed by atoms with Gasteiger partial charge in [0.05, 0.1) is 36.3 Å². The predicted octanol–water partition coefficient (Wildman–Crippen LogP) is -0.0591. The van der Waals surface area contributed by atoms with Crippen LogP contribution in [0.4, 0.5) is 5.69 Å². The van der Waals surface area contributed by atoms with E-state index < -0.39 is 34.7 Å². The molecule has 1 aromatic rings. The maximum atomic E-state index is 14.0. The zero-order chi connectivity index (χ0) is 20.6. The molecule has 6 heterocycles. The van der Waals surface area contributed by atoms with Crippen molar-refractivity contribution < 1.29 is 29.3 Å². The lowest BCUT2D eigenvalue weighted by atomic mass is 9.52. The third kappa shape index (κ3) is 1.66. The number of anilines is 1. The molecule has 7 atom stereocenters. The number of ether oxygens (including phenoxy) is 2. The van der Waals surface area contributed by atoms with Crippen molar-refractivity contribution >= 4 is 17.4 Å². The van der Waals surface area contributed by atoms with Crippen LogP contribution in [0.3, 0.4) is 0 Å². The molecule has 1 aliphatic carbocycles. The minimum atomic E-state index is -1.42. The van der Waals surface area contributed by atoms with Gasteiger partial charge in [0, 0.05) is 18.9 Å². The van der Waals surface area contributed by atoms with Gasteiger partial charge < -0.3 is 29.5 Å². The number of aromatic hydroxyl groups is 1. The van der Waals surface area contributed by atoms with Crippen LogP contribution in [0.1, 0.15) is 24.8 Å². The highest BCUT2D eigenvalue weighted by molar-refractivity contribution is 6.07. The zero-order valence-electron chi connectivity index (χ0n) is 16.7. The van der Waals surface area contributed by atoms with E-state index in [-0.39, 0.29) is 36.4 Å². The van der Waals surface area contributed by atoms with Crippen LogP contribution in [0.5, 0.6) is 5.75 Å². The summed E-state index contributed by atoms with van der Waals surface area (Å²) in [6.07, 6.45) is -0.123. The number of para-hydroxylation sites is 1. The SMILES string of the molecule is CN1CCC23C(=O)CC4(O)C5C(CC(=O)N(c6c(O)cccc62)C53)OCC2OC24C1. The molecular formula is C22H24N2O6. The summed E-state index contributed by atoms with van der Waals surface area (Å²) >= 11 is 0. The van der Waals surface area contributed by atoms with Gasteiger partial charge in [-0.05, 0) is 31.6 Å². The molecule has 1 amide bonds. The number of carbonyl (C=O) groups excluding carboxylic acids is 2. The molecule has 4 bridgehead atoms. The Hall–Kier alpha value is -2.00. The smallest absolute Gasteiger partial charge is 0.230 e. The number of hydrogen-bond donors (Lipinski definition) is 2. The van der Waals surface area contributed by atoms with Crippen LogP contribution in [-0.2, 0) is 24.5 Å². The number of fused-ring (bicyclic) bond motifs is 6. The summed E-state index contributed by atoms with van der Waals surface area (Å²) in [5, 5.41) is 23.0. The fourth-order valence-corrected chi connectivity index (χ4v) is 7.54. The standard InChI is InChI=1S/C22H24N2O6/c1-23-6-5-20-11-3-2-4-12(25)18(11)24-16(27)7-13-17(19(20)24)21(28,8-14(20)26)22(10-23)15(30-22)9-29-13/h2-4,13,15,17,19,25,28H,5-10H2,1H3. The molecule has 0 aromatic heterocycles. The highest BCUT2D eigenvalue weighted by atomic mass is 16.7. The summed E-state index contributed by atoms with van der Waals surface area (Å²) in [4.78, 5) is 31.0. The molecule has 2 spiro atoms. The van der Waals surface area contributed by atoms with Gasteiger partial charge in [0.1, 0.15) is 28.8 Å². The molecule has 158 valence electrons. The minimum Gasteiger partial charge on any atom is -0.506 e. The zero-order valence-corrected chi connectivity index (χ0v) is 16.7. The van der Waals surface area contributed by atoms with Crippen molar-refractivity contribution in [3.05, 3.63) is 23.8 Å². The van der Waals surface area contributed by atoms with E-state index in [9.17, 15) is 19.8 Å². The molecule has 8 rings (SSSR count). The van der Waals surface area contributed by atoms with Gasteiger partial charge in [-0.3, -0.25) is 9.59 Å². The second-order valence-electron chi connectivity index (χ2n) is 9.96. The van der Waals surface area contributed by atoms with Gasteiger partial charge in [0.2, 0.25) is 5.91 Å². The molecule has 5 saturated heterocycles. The lowest BCUT2D eigenvalue weighted by Gasteiger charge is -2.57. The Morgan fingerprint density at radius 1 is 1.27 bits per heavy atom. The molecule has 8 nitrogen and oxygen atoms in total. The number of hydrogen-bond acceptors (Lipinski definition) is 7. The van der Waals surface area contributed by atoms with E-state index in [2.05, 4.69) is 4.90 Å². The quantitative estimate of drug-likeness (QED) is 0.576. The maximum Gasteiger partial charge on any atom is 0.230 e. The molecule has 1 aromatic carbocycles. The first kappa shape index (κ1) is 17.7. The van der Waals surface area contributed by atoms with Crippen LogP contribution >= 0.6 is 0 Å². The molecule has 1 saturated carbocycles. The average Bonchev–Trinajstić information content (AvgIpc) is 3.31. The number of ketones is 1. The number of carbonyl (C=O) groups is 2. The van der Waals surface area contributed by atoms with E-state index in [1.165, 1.54) is 0 Å². The van der Waals surface area contributed by atoms with Gasteiger partial charge in [-0.1, -0.05) is 12.1 Å². The van der Waals surface area contributed by atoms with E-state index in [0.29, 0.717) is 37.4 Å². The van der Waals surface area contributed by atoms with Crippen molar-refractivity contribution in [1.29, 1.82) is 0 Å². The number of piperidine rings is 1. The number of epoxide rings is 1. The Labute approximate surface area is 173 Å². The summed E-state index contributed by atoms with van der Waals surface area (Å²) in [5.41, 5.74) is -2.11. The van der Waals surface area contributed by atoms with Crippen LogP contribution < -0.4 is 4.90 Å². The average molecular weight is 412 g/mol. The van der Waals surface area contributed by atoms with E-state index in [4.69, 9.17) is 9.47 Å². The monoisotopic (exact) mass is 412 g/mol. The summed E-state index contributed by atoms with van der Waals surface area (Å²) in [6.45, 7) is 1.47. The Bertz CT molecular complexity index is 1030. The minimum absolute atomic E-state index is 0.000342. The summed E-state index contributed by atoms with van der Waals surface area (Å²) < 4.78 is 12.3. The van der Waals surface area contributed by atoms with E-state index in [1.807, 2.05) is 13.1 Å². The summed E-state index contributed by atoms with van der Waals surface area (Å²) in [7, 11) is 1.98. The number of Topliss-reactive ketones (excluding diaryl/α,β-unsaturated/α-hetero) is 1. The topological polar surface area (TPSA) is 103 Å². The molecule has 6 fully saturated rings. The molecular weight excluding hydrogens is 388 g/mol. The number of phenolic OH excluding ortho intramolecular Hbond substituents is 1. The number of nitrogens with zero attached hydrogens (tertiary/aromatic N) is 2. The first-order valence-corrected chi connectivity index (χ1v) is 10.7. The van der Waals surface area contributed by atoms with Gasteiger partial charge in [0.15, 0.2) is 0 Å².